The summed E-state index contributed by atoms with van der Waals surface area (Å²) in [5.41, 5.74) is 2.00. The molecule has 0 heterocycles. The predicted molar refractivity (Wildman–Crippen MR) is 83.4 cm³/mol. The first-order chi connectivity index (χ1) is 9.13. The first-order valence-corrected chi connectivity index (χ1v) is 7.41. The Morgan fingerprint density at radius 1 is 1.42 bits per heavy atom. The molecule has 2 N–H and O–H groups in total. The maximum Gasteiger partial charge on any atom is 0.241 e. The van der Waals surface area contributed by atoms with E-state index in [-0.39, 0.29) is 11.9 Å². The van der Waals surface area contributed by atoms with Gasteiger partial charge in [-0.1, -0.05) is 23.6 Å². The maximum absolute atomic E-state index is 11.9. The van der Waals surface area contributed by atoms with Crippen LogP contribution in [0.2, 0.25) is 0 Å². The van der Waals surface area contributed by atoms with E-state index in [9.17, 15) is 4.79 Å². The van der Waals surface area contributed by atoms with Gasteiger partial charge in [0.2, 0.25) is 5.91 Å². The van der Waals surface area contributed by atoms with E-state index < -0.39 is 0 Å². The second-order valence-electron chi connectivity index (χ2n) is 4.29. The van der Waals surface area contributed by atoms with Crippen LogP contribution in [-0.2, 0) is 4.79 Å². The second-order valence-corrected chi connectivity index (χ2v) is 5.39. The van der Waals surface area contributed by atoms with Crippen molar-refractivity contribution in [3.63, 3.8) is 0 Å². The number of anilines is 1. The van der Waals surface area contributed by atoms with Crippen LogP contribution >= 0.6 is 11.8 Å². The Balaban J connectivity index is 2.28. The molecule has 0 saturated heterocycles. The molecule has 19 heavy (non-hydrogen) atoms. The minimum Gasteiger partial charge on any atom is -0.325 e. The normalized spacial score (nSPS) is 11.6. The Kier molecular flexibility index (Phi) is 7.09. The van der Waals surface area contributed by atoms with Crippen molar-refractivity contribution in [3.8, 4) is 12.3 Å². The molecule has 0 spiro atoms. The molecule has 4 heteroatoms. The Morgan fingerprint density at radius 2 is 2.11 bits per heavy atom. The number of aryl methyl sites for hydroxylation is 1. The van der Waals surface area contributed by atoms with Gasteiger partial charge in [-0.2, -0.15) is 0 Å². The summed E-state index contributed by atoms with van der Waals surface area (Å²) in [5.74, 6) is 4.17. The molecule has 0 aliphatic carbocycles. The van der Waals surface area contributed by atoms with Gasteiger partial charge in [0.15, 0.2) is 0 Å². The van der Waals surface area contributed by atoms with Crippen LogP contribution in [0.15, 0.2) is 24.3 Å². The molecular formula is C15H20N2OS. The number of hydrogen-bond acceptors (Lipinski definition) is 3. The van der Waals surface area contributed by atoms with Gasteiger partial charge in [0, 0.05) is 18.0 Å². The smallest absolute Gasteiger partial charge is 0.241 e. The third-order valence-corrected chi connectivity index (χ3v) is 3.46. The number of carbonyl (C=O) groups is 1. The Bertz CT molecular complexity index is 436. The average molecular weight is 276 g/mol. The predicted octanol–water partition coefficient (Wildman–Crippen LogP) is 2.28. The molecule has 1 aromatic rings. The molecule has 0 aliphatic rings. The van der Waals surface area contributed by atoms with Crippen molar-refractivity contribution in [1.29, 1.82) is 0 Å². The van der Waals surface area contributed by atoms with Crippen LogP contribution in [0.3, 0.4) is 0 Å². The van der Waals surface area contributed by atoms with E-state index >= 15 is 0 Å². The largest absolute Gasteiger partial charge is 0.325 e. The van der Waals surface area contributed by atoms with Crippen LogP contribution in [0.25, 0.3) is 0 Å². The maximum atomic E-state index is 11.9. The fourth-order valence-corrected chi connectivity index (χ4v) is 1.98. The van der Waals surface area contributed by atoms with E-state index in [1.54, 1.807) is 11.8 Å². The van der Waals surface area contributed by atoms with Gasteiger partial charge in [-0.05, 0) is 26.0 Å². The zero-order valence-corrected chi connectivity index (χ0v) is 12.2. The number of amides is 1. The van der Waals surface area contributed by atoms with Crippen molar-refractivity contribution < 1.29 is 4.79 Å². The Hall–Kier alpha value is -1.44. The minimum atomic E-state index is -0.215. The summed E-state index contributed by atoms with van der Waals surface area (Å²) in [6.45, 7) is 4.65. The molecule has 1 aromatic carbocycles. The first kappa shape index (κ1) is 15.6. The summed E-state index contributed by atoms with van der Waals surface area (Å²) < 4.78 is 0. The van der Waals surface area contributed by atoms with Crippen LogP contribution in [0.5, 0.6) is 0 Å². The Morgan fingerprint density at radius 3 is 2.74 bits per heavy atom. The second kappa shape index (κ2) is 8.63. The number of benzene rings is 1. The standard InChI is InChI=1S/C15H20N2OS/c1-4-10-19-11-9-16-13(3)15(18)17-14-7-5-12(2)6-8-14/h1,5-8,13,16H,9-11H2,2-3H3,(H,17,18). The van der Waals surface area contributed by atoms with Gasteiger partial charge in [0.25, 0.3) is 0 Å². The number of rotatable bonds is 7. The topological polar surface area (TPSA) is 41.1 Å². The van der Waals surface area contributed by atoms with E-state index in [1.165, 1.54) is 5.56 Å². The van der Waals surface area contributed by atoms with Crippen LogP contribution in [0.1, 0.15) is 12.5 Å². The highest BCUT2D eigenvalue weighted by Crippen LogP contribution is 2.08. The van der Waals surface area contributed by atoms with E-state index in [4.69, 9.17) is 6.42 Å². The molecule has 0 bridgehead atoms. The van der Waals surface area contributed by atoms with Gasteiger partial charge in [0.1, 0.15) is 0 Å². The summed E-state index contributed by atoms with van der Waals surface area (Å²) >= 11 is 1.68. The van der Waals surface area contributed by atoms with Gasteiger partial charge in [-0.15, -0.1) is 18.2 Å². The first-order valence-electron chi connectivity index (χ1n) is 6.25. The van der Waals surface area contributed by atoms with Crippen LogP contribution in [-0.4, -0.2) is 30.0 Å². The zero-order chi connectivity index (χ0) is 14.1. The van der Waals surface area contributed by atoms with Crippen LogP contribution in [0.4, 0.5) is 5.69 Å². The molecule has 1 amide bonds. The summed E-state index contributed by atoms with van der Waals surface area (Å²) in [6, 6.07) is 7.55. The number of nitrogens with one attached hydrogen (secondary N) is 2. The summed E-state index contributed by atoms with van der Waals surface area (Å²) in [4.78, 5) is 11.9. The lowest BCUT2D eigenvalue weighted by Gasteiger charge is -2.13. The van der Waals surface area contributed by atoms with Crippen LogP contribution in [0, 0.1) is 19.3 Å². The molecule has 1 rings (SSSR count). The number of carbonyl (C=O) groups excluding carboxylic acids is 1. The van der Waals surface area contributed by atoms with Crippen molar-refractivity contribution >= 4 is 23.4 Å². The summed E-state index contributed by atoms with van der Waals surface area (Å²) in [6.07, 6.45) is 5.16. The molecule has 0 radical (unpaired) electrons. The SMILES string of the molecule is C#CCSCCNC(C)C(=O)Nc1ccc(C)cc1. The quantitative estimate of drug-likeness (QED) is 0.593. The summed E-state index contributed by atoms with van der Waals surface area (Å²) in [7, 11) is 0. The van der Waals surface area contributed by atoms with Gasteiger partial charge < -0.3 is 10.6 Å². The monoisotopic (exact) mass is 276 g/mol. The van der Waals surface area contributed by atoms with E-state index in [2.05, 4.69) is 16.6 Å². The lowest BCUT2D eigenvalue weighted by Crippen LogP contribution is -2.39. The molecule has 0 saturated carbocycles. The molecule has 0 fully saturated rings. The van der Waals surface area contributed by atoms with E-state index in [0.717, 1.165) is 18.0 Å². The molecule has 0 aromatic heterocycles. The summed E-state index contributed by atoms with van der Waals surface area (Å²) in [5, 5.41) is 6.05. The fourth-order valence-electron chi connectivity index (χ4n) is 1.46. The molecule has 3 nitrogen and oxygen atoms in total. The van der Waals surface area contributed by atoms with Gasteiger partial charge in [-0.3, -0.25) is 4.79 Å². The molecule has 1 unspecified atom stereocenters. The minimum absolute atomic E-state index is 0.0224. The number of terminal acetylenes is 1. The highest BCUT2D eigenvalue weighted by atomic mass is 32.2. The third-order valence-electron chi connectivity index (χ3n) is 2.59. The highest BCUT2D eigenvalue weighted by molar-refractivity contribution is 7.99. The average Bonchev–Trinajstić information content (AvgIpc) is 2.41. The molecule has 1 atom stereocenters. The van der Waals surface area contributed by atoms with Crippen LogP contribution < -0.4 is 10.6 Å². The van der Waals surface area contributed by atoms with Crippen molar-refractivity contribution in [2.45, 2.75) is 19.9 Å². The van der Waals surface area contributed by atoms with Gasteiger partial charge in [-0.25, -0.2) is 0 Å². The Labute approximate surface area is 119 Å². The van der Waals surface area contributed by atoms with Gasteiger partial charge in [0.05, 0.1) is 11.8 Å². The van der Waals surface area contributed by atoms with E-state index in [1.807, 2.05) is 38.1 Å². The van der Waals surface area contributed by atoms with Crippen molar-refractivity contribution in [3.05, 3.63) is 29.8 Å². The lowest BCUT2D eigenvalue weighted by atomic mass is 10.2. The highest BCUT2D eigenvalue weighted by Gasteiger charge is 2.11. The molecule has 102 valence electrons. The number of hydrogen-bond donors (Lipinski definition) is 2. The van der Waals surface area contributed by atoms with Gasteiger partial charge >= 0.3 is 0 Å². The third kappa shape index (κ3) is 6.32. The zero-order valence-electron chi connectivity index (χ0n) is 11.4. The van der Waals surface area contributed by atoms with Crippen molar-refractivity contribution in [1.82, 2.24) is 5.32 Å². The van der Waals surface area contributed by atoms with Crippen molar-refractivity contribution in [2.24, 2.45) is 0 Å². The fraction of sp³-hybridized carbons (Fsp3) is 0.400. The molecular weight excluding hydrogens is 256 g/mol. The molecule has 0 aliphatic heterocycles. The van der Waals surface area contributed by atoms with Crippen molar-refractivity contribution in [2.75, 3.05) is 23.4 Å². The lowest BCUT2D eigenvalue weighted by molar-refractivity contribution is -0.117. The number of thioether (sulfide) groups is 1. The van der Waals surface area contributed by atoms with E-state index in [0.29, 0.717) is 5.75 Å².